The van der Waals surface area contributed by atoms with E-state index in [9.17, 15) is 4.79 Å². The number of benzene rings is 1. The van der Waals surface area contributed by atoms with Crippen LogP contribution in [0.15, 0.2) is 30.5 Å². The standard InChI is InChI=1S/C24H33N3O/c1-6-15(3)27(16(4)7-2)24(28)18-11-20-19-9-8-10-21-23(19)17(13-25-21)12-22(20)26(5)14-18/h8-11,13,15-16,18,22,25H,6-7,12,14H2,1-5H3. The minimum atomic E-state index is -0.0741. The molecule has 0 bridgehead atoms. The van der Waals surface area contributed by atoms with Crippen molar-refractivity contribution in [3.63, 3.8) is 0 Å². The number of fused-ring (bicyclic) bond motifs is 2. The van der Waals surface area contributed by atoms with Gasteiger partial charge in [0.2, 0.25) is 5.91 Å². The number of aromatic nitrogens is 1. The number of nitrogens with zero attached hydrogens (tertiary/aromatic N) is 2. The molecule has 1 aromatic carbocycles. The van der Waals surface area contributed by atoms with Crippen LogP contribution in [0.3, 0.4) is 0 Å². The Kier molecular flexibility index (Phi) is 5.09. The van der Waals surface area contributed by atoms with E-state index < -0.39 is 0 Å². The topological polar surface area (TPSA) is 39.3 Å². The molecule has 1 aliphatic heterocycles. The number of carbonyl (C=O) groups is 1. The van der Waals surface area contributed by atoms with E-state index in [0.29, 0.717) is 6.04 Å². The van der Waals surface area contributed by atoms with Gasteiger partial charge in [0.05, 0.1) is 5.92 Å². The second kappa shape index (κ2) is 7.40. The van der Waals surface area contributed by atoms with Gasteiger partial charge in [0.1, 0.15) is 0 Å². The van der Waals surface area contributed by atoms with Crippen molar-refractivity contribution in [1.29, 1.82) is 0 Å². The monoisotopic (exact) mass is 379 g/mol. The van der Waals surface area contributed by atoms with Crippen LogP contribution in [-0.2, 0) is 11.2 Å². The Bertz CT molecular complexity index is 902. The molecule has 4 unspecified atom stereocenters. The van der Waals surface area contributed by atoms with Crippen LogP contribution < -0.4 is 0 Å². The number of carbonyl (C=O) groups excluding carboxylic acids is 1. The minimum absolute atomic E-state index is 0.0741. The second-order valence-corrected chi connectivity index (χ2v) is 8.69. The molecule has 0 fully saturated rings. The van der Waals surface area contributed by atoms with E-state index in [2.05, 4.69) is 80.0 Å². The van der Waals surface area contributed by atoms with E-state index in [1.54, 1.807) is 0 Å². The quantitative estimate of drug-likeness (QED) is 0.833. The number of H-pyrrole nitrogens is 1. The Labute approximate surface area is 168 Å². The molecule has 28 heavy (non-hydrogen) atoms. The molecule has 4 heteroatoms. The summed E-state index contributed by atoms with van der Waals surface area (Å²) in [7, 11) is 2.17. The highest BCUT2D eigenvalue weighted by molar-refractivity contribution is 5.99. The number of likely N-dealkylation sites (N-methyl/N-ethyl adjacent to an activating group) is 1. The SMILES string of the molecule is CCC(C)N(C(=O)C1C=C2c3cccc4[nH]cc(c34)CC2N(C)C1)C(C)CC. The van der Waals surface area contributed by atoms with Crippen molar-refractivity contribution in [1.82, 2.24) is 14.8 Å². The summed E-state index contributed by atoms with van der Waals surface area (Å²) in [5.74, 6) is 0.212. The molecule has 2 aromatic rings. The molecule has 0 spiro atoms. The third-order valence-electron chi connectivity index (χ3n) is 6.97. The Morgan fingerprint density at radius 1 is 1.25 bits per heavy atom. The fourth-order valence-corrected chi connectivity index (χ4v) is 5.06. The van der Waals surface area contributed by atoms with Crippen molar-refractivity contribution >= 4 is 22.4 Å². The van der Waals surface area contributed by atoms with Gasteiger partial charge in [-0.2, -0.15) is 0 Å². The predicted molar refractivity (Wildman–Crippen MR) is 116 cm³/mol. The summed E-state index contributed by atoms with van der Waals surface area (Å²) < 4.78 is 0. The van der Waals surface area contributed by atoms with Gasteiger partial charge in [-0.25, -0.2) is 0 Å². The van der Waals surface area contributed by atoms with Crippen LogP contribution in [0.2, 0.25) is 0 Å². The highest BCUT2D eigenvalue weighted by Crippen LogP contribution is 2.41. The maximum absolute atomic E-state index is 13.6. The summed E-state index contributed by atoms with van der Waals surface area (Å²) in [5.41, 5.74) is 5.22. The molecule has 0 saturated heterocycles. The van der Waals surface area contributed by atoms with Crippen LogP contribution in [0.4, 0.5) is 0 Å². The van der Waals surface area contributed by atoms with Gasteiger partial charge in [-0.15, -0.1) is 0 Å². The van der Waals surface area contributed by atoms with Crippen LogP contribution in [0.25, 0.3) is 16.5 Å². The van der Waals surface area contributed by atoms with E-state index in [1.807, 2.05) is 0 Å². The van der Waals surface area contributed by atoms with Gasteiger partial charge in [-0.05, 0) is 62.9 Å². The molecular weight excluding hydrogens is 346 g/mol. The summed E-state index contributed by atoms with van der Waals surface area (Å²) in [6.07, 6.45) is 7.44. The molecule has 1 aromatic heterocycles. The van der Waals surface area contributed by atoms with Crippen LogP contribution in [0.5, 0.6) is 0 Å². The first kappa shape index (κ1) is 19.3. The van der Waals surface area contributed by atoms with Gasteiger partial charge >= 0.3 is 0 Å². The van der Waals surface area contributed by atoms with E-state index >= 15 is 0 Å². The average molecular weight is 380 g/mol. The van der Waals surface area contributed by atoms with Gasteiger partial charge in [-0.1, -0.05) is 32.1 Å². The number of rotatable bonds is 5. The van der Waals surface area contributed by atoms with E-state index in [0.717, 1.165) is 25.8 Å². The molecule has 1 amide bonds. The summed E-state index contributed by atoms with van der Waals surface area (Å²) in [5, 5.41) is 1.34. The first-order valence-electron chi connectivity index (χ1n) is 10.8. The van der Waals surface area contributed by atoms with Crippen molar-refractivity contribution in [3.8, 4) is 0 Å². The molecule has 2 aliphatic rings. The Morgan fingerprint density at radius 3 is 2.64 bits per heavy atom. The normalized spacial score (nSPS) is 23.8. The molecule has 4 atom stereocenters. The van der Waals surface area contributed by atoms with Gasteiger partial charge in [0.25, 0.3) is 0 Å². The highest BCUT2D eigenvalue weighted by Gasteiger charge is 2.38. The Hall–Kier alpha value is -2.07. The molecule has 0 saturated carbocycles. The van der Waals surface area contributed by atoms with Crippen molar-refractivity contribution in [3.05, 3.63) is 41.6 Å². The number of hydrogen-bond donors (Lipinski definition) is 1. The summed E-state index contributed by atoms with van der Waals surface area (Å²) in [4.78, 5) is 21.6. The predicted octanol–water partition coefficient (Wildman–Crippen LogP) is 4.46. The lowest BCUT2D eigenvalue weighted by molar-refractivity contribution is -0.139. The largest absolute Gasteiger partial charge is 0.361 e. The maximum Gasteiger partial charge on any atom is 0.231 e. The molecule has 0 radical (unpaired) electrons. The fourth-order valence-electron chi connectivity index (χ4n) is 5.06. The highest BCUT2D eigenvalue weighted by atomic mass is 16.2. The number of aromatic amines is 1. The smallest absolute Gasteiger partial charge is 0.231 e. The minimum Gasteiger partial charge on any atom is -0.361 e. The number of hydrogen-bond acceptors (Lipinski definition) is 2. The summed E-state index contributed by atoms with van der Waals surface area (Å²) in [6.45, 7) is 9.50. The van der Waals surface area contributed by atoms with E-state index in [-0.39, 0.29) is 23.9 Å². The van der Waals surface area contributed by atoms with Crippen molar-refractivity contribution < 1.29 is 4.79 Å². The first-order chi connectivity index (χ1) is 13.5. The van der Waals surface area contributed by atoms with Gasteiger partial charge < -0.3 is 9.88 Å². The average Bonchev–Trinajstić information content (AvgIpc) is 3.12. The van der Waals surface area contributed by atoms with Crippen LogP contribution in [0, 0.1) is 5.92 Å². The molecule has 1 N–H and O–H groups in total. The maximum atomic E-state index is 13.6. The van der Waals surface area contributed by atoms with Gasteiger partial charge in [0.15, 0.2) is 0 Å². The zero-order chi connectivity index (χ0) is 20.0. The van der Waals surface area contributed by atoms with E-state index in [1.165, 1.54) is 27.6 Å². The van der Waals surface area contributed by atoms with Crippen molar-refractivity contribution in [2.75, 3.05) is 13.6 Å². The first-order valence-corrected chi connectivity index (χ1v) is 10.8. The number of nitrogens with one attached hydrogen (secondary N) is 1. The Balaban J connectivity index is 1.75. The van der Waals surface area contributed by atoms with Crippen LogP contribution in [-0.4, -0.2) is 52.4 Å². The Morgan fingerprint density at radius 2 is 1.96 bits per heavy atom. The lowest BCUT2D eigenvalue weighted by Gasteiger charge is -2.42. The molecular formula is C24H33N3O. The van der Waals surface area contributed by atoms with E-state index in [4.69, 9.17) is 0 Å². The third kappa shape index (κ3) is 2.98. The van der Waals surface area contributed by atoms with Crippen molar-refractivity contribution in [2.24, 2.45) is 5.92 Å². The zero-order valence-corrected chi connectivity index (χ0v) is 17.8. The molecule has 2 heterocycles. The molecule has 4 rings (SSSR count). The van der Waals surface area contributed by atoms with Crippen molar-refractivity contribution in [2.45, 2.75) is 65.1 Å². The number of amides is 1. The summed E-state index contributed by atoms with van der Waals surface area (Å²) in [6, 6.07) is 7.39. The molecule has 1 aliphatic carbocycles. The molecule has 4 nitrogen and oxygen atoms in total. The van der Waals surface area contributed by atoms with Gasteiger partial charge in [-0.3, -0.25) is 9.69 Å². The fraction of sp³-hybridized carbons (Fsp3) is 0.542. The zero-order valence-electron chi connectivity index (χ0n) is 17.8. The molecule has 150 valence electrons. The summed E-state index contributed by atoms with van der Waals surface area (Å²) >= 11 is 0. The third-order valence-corrected chi connectivity index (χ3v) is 6.97. The lowest BCUT2D eigenvalue weighted by Crippen LogP contribution is -2.51. The van der Waals surface area contributed by atoms with Gasteiger partial charge in [0, 0.05) is 41.8 Å². The van der Waals surface area contributed by atoms with Crippen LogP contribution in [0.1, 0.15) is 51.7 Å². The second-order valence-electron chi connectivity index (χ2n) is 8.69. The van der Waals surface area contributed by atoms with Crippen LogP contribution >= 0.6 is 0 Å². The lowest BCUT2D eigenvalue weighted by atomic mass is 9.79.